The van der Waals surface area contributed by atoms with E-state index in [0.717, 1.165) is 38.6 Å². The van der Waals surface area contributed by atoms with Crippen molar-refractivity contribution in [2.75, 3.05) is 20.7 Å². The van der Waals surface area contributed by atoms with Gasteiger partial charge in [0.2, 0.25) is 0 Å². The number of aryl methyl sites for hydroxylation is 2. The third kappa shape index (κ3) is 8.98. The molecule has 9 heteroatoms. The zero-order valence-electron chi connectivity index (χ0n) is 19.2. The third-order valence-corrected chi connectivity index (χ3v) is 7.59. The Morgan fingerprint density at radius 2 is 1.82 bits per heavy atom. The monoisotopic (exact) mass is 498 g/mol. The minimum atomic E-state index is -4.34. The van der Waals surface area contributed by atoms with E-state index in [0.29, 0.717) is 31.6 Å². The Kier molecular flexibility index (Phi) is 10.2. The normalized spacial score (nSPS) is 12.6. The highest BCUT2D eigenvalue weighted by molar-refractivity contribution is 8.78. The summed E-state index contributed by atoms with van der Waals surface area (Å²) in [5.74, 6) is -0.221. The molecule has 0 fully saturated rings. The molecule has 0 aliphatic carbocycles. The van der Waals surface area contributed by atoms with Gasteiger partial charge in [0.1, 0.15) is 0 Å². The van der Waals surface area contributed by atoms with Crippen molar-refractivity contribution in [2.24, 2.45) is 5.73 Å². The number of rotatable bonds is 10. The fourth-order valence-corrected chi connectivity index (χ4v) is 5.43. The highest BCUT2D eigenvalue weighted by atomic mass is 33.1. The maximum atomic E-state index is 12.7. The van der Waals surface area contributed by atoms with Gasteiger partial charge in [0.15, 0.2) is 0 Å². The molecule has 0 bridgehead atoms. The number of hydrogen-bond acceptors (Lipinski definition) is 6. The van der Waals surface area contributed by atoms with E-state index in [1.807, 2.05) is 27.0 Å². The standard InChI is InChI=1S/C24H29F3N2O2S2/c1-16-13-18(5-6-19(16)7-12-23(30)31-4)14-29(3)15-22(17(2)28)33-32-21-10-8-20(9-11-21)24(25,26)27/h5-6,8-11,13H,7,12,14-15,28H2,1-4H3/b22-17-. The van der Waals surface area contributed by atoms with Crippen molar-refractivity contribution in [3.8, 4) is 0 Å². The molecule has 180 valence electrons. The van der Waals surface area contributed by atoms with Crippen molar-refractivity contribution in [3.05, 3.63) is 75.3 Å². The van der Waals surface area contributed by atoms with E-state index < -0.39 is 11.7 Å². The molecule has 0 unspecified atom stereocenters. The zero-order valence-corrected chi connectivity index (χ0v) is 20.8. The maximum absolute atomic E-state index is 12.7. The molecule has 0 saturated carbocycles. The van der Waals surface area contributed by atoms with E-state index in [4.69, 9.17) is 10.5 Å². The first kappa shape index (κ1) is 27.1. The SMILES string of the molecule is COC(=O)CCc1ccc(CN(C)C/C(SSc2ccc(C(F)(F)F)cc2)=C(\C)N)cc1C. The van der Waals surface area contributed by atoms with Crippen LogP contribution in [-0.4, -0.2) is 31.6 Å². The second kappa shape index (κ2) is 12.4. The van der Waals surface area contributed by atoms with Gasteiger partial charge in [-0.3, -0.25) is 9.69 Å². The average Bonchev–Trinajstić information content (AvgIpc) is 2.75. The molecule has 0 aromatic heterocycles. The lowest BCUT2D eigenvalue weighted by Gasteiger charge is -2.20. The lowest BCUT2D eigenvalue weighted by atomic mass is 10.0. The predicted octanol–water partition coefficient (Wildman–Crippen LogP) is 6.18. The smallest absolute Gasteiger partial charge is 0.416 e. The predicted molar refractivity (Wildman–Crippen MR) is 130 cm³/mol. The van der Waals surface area contributed by atoms with Crippen molar-refractivity contribution in [3.63, 3.8) is 0 Å². The van der Waals surface area contributed by atoms with Crippen LogP contribution in [0.2, 0.25) is 0 Å². The van der Waals surface area contributed by atoms with Crippen molar-refractivity contribution in [1.29, 1.82) is 0 Å². The number of carbonyl (C=O) groups is 1. The van der Waals surface area contributed by atoms with E-state index in [2.05, 4.69) is 17.0 Å². The first-order chi connectivity index (χ1) is 15.5. The molecule has 4 nitrogen and oxygen atoms in total. The summed E-state index contributed by atoms with van der Waals surface area (Å²) < 4.78 is 42.9. The third-order valence-electron chi connectivity index (χ3n) is 4.96. The van der Waals surface area contributed by atoms with Gasteiger partial charge in [0.05, 0.1) is 12.7 Å². The second-order valence-electron chi connectivity index (χ2n) is 7.80. The van der Waals surface area contributed by atoms with Gasteiger partial charge in [-0.05, 0) is 68.3 Å². The number of allylic oxidation sites excluding steroid dienone is 1. The Bertz CT molecular complexity index is 973. The maximum Gasteiger partial charge on any atom is 0.416 e. The second-order valence-corrected chi connectivity index (χ2v) is 10.1. The van der Waals surface area contributed by atoms with Crippen LogP contribution in [-0.2, 0) is 28.7 Å². The molecule has 0 radical (unpaired) electrons. The van der Waals surface area contributed by atoms with Crippen LogP contribution in [0.3, 0.4) is 0 Å². The molecule has 2 rings (SSSR count). The Morgan fingerprint density at radius 1 is 1.15 bits per heavy atom. The van der Waals surface area contributed by atoms with E-state index >= 15 is 0 Å². The largest absolute Gasteiger partial charge is 0.469 e. The number of likely N-dealkylation sites (N-methyl/N-ethyl adjacent to an activating group) is 1. The fourth-order valence-electron chi connectivity index (χ4n) is 3.10. The summed E-state index contributed by atoms with van der Waals surface area (Å²) in [6.07, 6.45) is -3.34. The number of esters is 1. The summed E-state index contributed by atoms with van der Waals surface area (Å²) in [6, 6.07) is 11.3. The number of carbonyl (C=O) groups excluding carboxylic acids is 1. The van der Waals surface area contributed by atoms with Crippen LogP contribution in [0.1, 0.15) is 35.6 Å². The van der Waals surface area contributed by atoms with Crippen molar-refractivity contribution >= 4 is 27.6 Å². The number of hydrogen-bond donors (Lipinski definition) is 1. The first-order valence-electron chi connectivity index (χ1n) is 10.3. The van der Waals surface area contributed by atoms with Crippen LogP contribution < -0.4 is 5.73 Å². The highest BCUT2D eigenvalue weighted by Gasteiger charge is 2.29. The number of alkyl halides is 3. The molecule has 0 atom stereocenters. The van der Waals surface area contributed by atoms with Gasteiger partial charge in [0, 0.05) is 35.0 Å². The summed E-state index contributed by atoms with van der Waals surface area (Å²) in [5.41, 5.74) is 9.48. The number of nitrogens with two attached hydrogens (primary N) is 1. The number of benzene rings is 2. The molecule has 0 saturated heterocycles. The minimum absolute atomic E-state index is 0.221. The average molecular weight is 499 g/mol. The van der Waals surface area contributed by atoms with Gasteiger partial charge in [-0.15, -0.1) is 0 Å². The van der Waals surface area contributed by atoms with Crippen molar-refractivity contribution < 1.29 is 22.7 Å². The molecule has 0 aliphatic heterocycles. The molecule has 33 heavy (non-hydrogen) atoms. The highest BCUT2D eigenvalue weighted by Crippen LogP contribution is 2.39. The van der Waals surface area contributed by atoms with Crippen molar-refractivity contribution in [2.45, 2.75) is 44.3 Å². The lowest BCUT2D eigenvalue weighted by Crippen LogP contribution is -2.21. The Morgan fingerprint density at radius 3 is 2.36 bits per heavy atom. The molecule has 0 heterocycles. The number of halogens is 3. The summed E-state index contributed by atoms with van der Waals surface area (Å²) in [5, 5.41) is 0. The molecular weight excluding hydrogens is 469 g/mol. The van der Waals surface area contributed by atoms with Crippen LogP contribution >= 0.6 is 21.6 Å². The van der Waals surface area contributed by atoms with Gasteiger partial charge in [0.25, 0.3) is 0 Å². The van der Waals surface area contributed by atoms with E-state index in [-0.39, 0.29) is 5.97 Å². The molecule has 0 amide bonds. The molecule has 0 aliphatic rings. The van der Waals surface area contributed by atoms with E-state index in [1.165, 1.54) is 40.8 Å². The van der Waals surface area contributed by atoms with Gasteiger partial charge < -0.3 is 10.5 Å². The van der Waals surface area contributed by atoms with Crippen molar-refractivity contribution in [1.82, 2.24) is 4.90 Å². The molecular formula is C24H29F3N2O2S2. The summed E-state index contributed by atoms with van der Waals surface area (Å²) in [7, 11) is 6.22. The first-order valence-corrected chi connectivity index (χ1v) is 12.5. The molecule has 2 aromatic rings. The topological polar surface area (TPSA) is 55.6 Å². The fraction of sp³-hybridized carbons (Fsp3) is 0.375. The number of nitrogens with zero attached hydrogens (tertiary/aromatic N) is 1. The van der Waals surface area contributed by atoms with E-state index in [9.17, 15) is 18.0 Å². The van der Waals surface area contributed by atoms with Crippen LogP contribution in [0.25, 0.3) is 0 Å². The molecule has 2 N–H and O–H groups in total. The van der Waals surface area contributed by atoms with Crippen LogP contribution in [0.4, 0.5) is 13.2 Å². The van der Waals surface area contributed by atoms with Crippen LogP contribution in [0.5, 0.6) is 0 Å². The quantitative estimate of drug-likeness (QED) is 0.312. The van der Waals surface area contributed by atoms with Gasteiger partial charge >= 0.3 is 12.1 Å². The number of ether oxygens (including phenoxy) is 1. The Hall–Kier alpha value is -2.10. The number of methoxy groups -OCH3 is 1. The van der Waals surface area contributed by atoms with Gasteiger partial charge in [-0.2, -0.15) is 13.2 Å². The Balaban J connectivity index is 1.93. The van der Waals surface area contributed by atoms with Gasteiger partial charge in [-0.25, -0.2) is 0 Å². The minimum Gasteiger partial charge on any atom is -0.469 e. The molecule has 2 aromatic carbocycles. The Labute approximate surface area is 201 Å². The zero-order chi connectivity index (χ0) is 24.6. The van der Waals surface area contributed by atoms with Crippen LogP contribution in [0.15, 0.2) is 58.0 Å². The lowest BCUT2D eigenvalue weighted by molar-refractivity contribution is -0.140. The summed E-state index contributed by atoms with van der Waals surface area (Å²) >= 11 is 0. The summed E-state index contributed by atoms with van der Waals surface area (Å²) in [6.45, 7) is 5.18. The van der Waals surface area contributed by atoms with Gasteiger partial charge in [-0.1, -0.05) is 39.8 Å². The van der Waals surface area contributed by atoms with Crippen LogP contribution in [0, 0.1) is 6.92 Å². The summed E-state index contributed by atoms with van der Waals surface area (Å²) in [4.78, 5) is 15.2. The molecule has 0 spiro atoms. The van der Waals surface area contributed by atoms with E-state index in [1.54, 1.807) is 0 Å².